The Bertz CT molecular complexity index is 424. The maximum absolute atomic E-state index is 11.2. The minimum atomic E-state index is -1.14. The molecular weight excluding hydrogens is 184 g/mol. The van der Waals surface area contributed by atoms with Crippen molar-refractivity contribution in [3.63, 3.8) is 0 Å². The van der Waals surface area contributed by atoms with Crippen LogP contribution in [0.4, 0.5) is 5.69 Å². The number of ether oxygens (including phenoxy) is 1. The molecule has 0 aromatic heterocycles. The fraction of sp³-hybridized carbons (Fsp3) is 0.111. The minimum Gasteiger partial charge on any atom is -0.456 e. The van der Waals surface area contributed by atoms with Gasteiger partial charge in [0, 0.05) is 0 Å². The summed E-state index contributed by atoms with van der Waals surface area (Å²) in [4.78, 5) is 24.4. The smallest absolute Gasteiger partial charge is 0.289 e. The normalized spacial score (nSPS) is 18.6. The van der Waals surface area contributed by atoms with Crippen LogP contribution in [0.25, 0.3) is 0 Å². The first-order valence-corrected chi connectivity index (χ1v) is 3.86. The molecule has 1 radical (unpaired) electrons. The highest BCUT2D eigenvalue weighted by atomic mass is 16.5. The quantitative estimate of drug-likeness (QED) is 0.516. The predicted molar refractivity (Wildman–Crippen MR) is 46.4 cm³/mol. The van der Waals surface area contributed by atoms with Gasteiger partial charge in [0.25, 0.3) is 12.1 Å². The number of carbonyl (C=O) groups excluding carboxylic acids is 2. The number of hydrogen-bond acceptors (Lipinski definition) is 4. The third-order valence-electron chi connectivity index (χ3n) is 1.71. The standard InChI is InChI=1S/C9H5N2O3/c12-5-10-9-8(13)11-6-3-1-2-4-7(6)14-9/h2-4,9H,(H,11,13). The SMILES string of the molecule is O=C=NC1Oc2cc[c]cc2NC1=O. The average molecular weight is 189 g/mol. The summed E-state index contributed by atoms with van der Waals surface area (Å²) in [6.45, 7) is 0. The molecule has 5 nitrogen and oxygen atoms in total. The number of isocyanates is 1. The zero-order valence-electron chi connectivity index (χ0n) is 6.98. The number of nitrogens with zero attached hydrogens (tertiary/aromatic N) is 1. The summed E-state index contributed by atoms with van der Waals surface area (Å²) in [5.41, 5.74) is 0.523. The Morgan fingerprint density at radius 3 is 3.29 bits per heavy atom. The maximum Gasteiger partial charge on any atom is 0.289 e. The number of anilines is 1. The fourth-order valence-electron chi connectivity index (χ4n) is 1.12. The number of rotatable bonds is 1. The molecule has 0 spiro atoms. The van der Waals surface area contributed by atoms with Gasteiger partial charge < -0.3 is 10.1 Å². The predicted octanol–water partition coefficient (Wildman–Crippen LogP) is 0.480. The van der Waals surface area contributed by atoms with Crippen LogP contribution in [0.2, 0.25) is 0 Å². The Labute approximate surface area is 79.4 Å². The zero-order valence-corrected chi connectivity index (χ0v) is 6.98. The van der Waals surface area contributed by atoms with E-state index in [4.69, 9.17) is 4.74 Å². The molecule has 1 aromatic carbocycles. The molecule has 0 bridgehead atoms. The van der Waals surface area contributed by atoms with Crippen LogP contribution in [0.15, 0.2) is 23.2 Å². The lowest BCUT2D eigenvalue weighted by molar-refractivity contribution is -0.123. The molecule has 1 unspecified atom stereocenters. The number of carbonyl (C=O) groups is 1. The van der Waals surface area contributed by atoms with Gasteiger partial charge in [-0.15, -0.1) is 0 Å². The van der Waals surface area contributed by atoms with Gasteiger partial charge in [-0.2, -0.15) is 4.99 Å². The largest absolute Gasteiger partial charge is 0.456 e. The van der Waals surface area contributed by atoms with Crippen molar-refractivity contribution in [3.05, 3.63) is 24.3 Å². The molecular formula is C9H5N2O3. The van der Waals surface area contributed by atoms with Crippen LogP contribution in [0.1, 0.15) is 0 Å². The van der Waals surface area contributed by atoms with Gasteiger partial charge >= 0.3 is 0 Å². The van der Waals surface area contributed by atoms with E-state index in [1.807, 2.05) is 0 Å². The topological polar surface area (TPSA) is 67.8 Å². The highest BCUT2D eigenvalue weighted by Gasteiger charge is 2.26. The third-order valence-corrected chi connectivity index (χ3v) is 1.71. The van der Waals surface area contributed by atoms with E-state index in [0.717, 1.165) is 0 Å². The molecule has 1 heterocycles. The van der Waals surface area contributed by atoms with Crippen molar-refractivity contribution < 1.29 is 14.3 Å². The molecule has 1 N–H and O–H groups in total. The van der Waals surface area contributed by atoms with Gasteiger partial charge in [-0.1, -0.05) is 6.07 Å². The number of fused-ring (bicyclic) bond motifs is 1. The lowest BCUT2D eigenvalue weighted by atomic mass is 10.2. The number of nitrogens with one attached hydrogen (secondary N) is 1. The van der Waals surface area contributed by atoms with Gasteiger partial charge in [0.1, 0.15) is 5.75 Å². The number of benzene rings is 1. The Hall–Kier alpha value is -2.13. The van der Waals surface area contributed by atoms with Crippen molar-refractivity contribution >= 4 is 17.7 Å². The second-order valence-corrected chi connectivity index (χ2v) is 2.60. The molecule has 1 aliphatic heterocycles. The van der Waals surface area contributed by atoms with E-state index in [-0.39, 0.29) is 0 Å². The van der Waals surface area contributed by atoms with E-state index in [0.29, 0.717) is 11.4 Å². The van der Waals surface area contributed by atoms with Crippen LogP contribution in [0.5, 0.6) is 5.75 Å². The first-order chi connectivity index (χ1) is 6.81. The van der Waals surface area contributed by atoms with E-state index >= 15 is 0 Å². The molecule has 1 aromatic rings. The van der Waals surface area contributed by atoms with Crippen LogP contribution in [-0.2, 0) is 9.59 Å². The van der Waals surface area contributed by atoms with E-state index in [9.17, 15) is 9.59 Å². The summed E-state index contributed by atoms with van der Waals surface area (Å²) in [6, 6.07) is 7.63. The van der Waals surface area contributed by atoms with Crippen molar-refractivity contribution in [2.24, 2.45) is 4.99 Å². The number of aliphatic imine (C=N–C) groups is 1. The van der Waals surface area contributed by atoms with Crippen LogP contribution in [0, 0.1) is 6.07 Å². The molecule has 14 heavy (non-hydrogen) atoms. The van der Waals surface area contributed by atoms with Crippen LogP contribution < -0.4 is 10.1 Å². The summed E-state index contributed by atoms with van der Waals surface area (Å²) in [7, 11) is 0. The van der Waals surface area contributed by atoms with Gasteiger partial charge in [-0.25, -0.2) is 4.79 Å². The van der Waals surface area contributed by atoms with Crippen LogP contribution >= 0.6 is 0 Å². The molecule has 1 atom stereocenters. The van der Waals surface area contributed by atoms with Gasteiger partial charge in [-0.3, -0.25) is 4.79 Å². The van der Waals surface area contributed by atoms with Crippen LogP contribution in [-0.4, -0.2) is 18.2 Å². The summed E-state index contributed by atoms with van der Waals surface area (Å²) in [5, 5.41) is 2.53. The fourth-order valence-corrected chi connectivity index (χ4v) is 1.12. The summed E-state index contributed by atoms with van der Waals surface area (Å²) >= 11 is 0. The first kappa shape index (κ1) is 8.47. The Kier molecular flexibility index (Phi) is 2.01. The first-order valence-electron chi connectivity index (χ1n) is 3.86. The number of hydrogen-bond donors (Lipinski definition) is 1. The summed E-state index contributed by atoms with van der Waals surface area (Å²) < 4.78 is 5.12. The highest BCUT2D eigenvalue weighted by molar-refractivity contribution is 5.97. The minimum absolute atomic E-state index is 0.465. The molecule has 1 amide bonds. The van der Waals surface area contributed by atoms with Crippen molar-refractivity contribution in [2.45, 2.75) is 6.23 Å². The Balaban J connectivity index is 2.35. The van der Waals surface area contributed by atoms with E-state index < -0.39 is 12.1 Å². The second-order valence-electron chi connectivity index (χ2n) is 2.60. The molecule has 0 saturated carbocycles. The van der Waals surface area contributed by atoms with Gasteiger partial charge in [0.2, 0.25) is 6.08 Å². The Morgan fingerprint density at radius 1 is 1.64 bits per heavy atom. The van der Waals surface area contributed by atoms with E-state index in [2.05, 4.69) is 16.4 Å². The van der Waals surface area contributed by atoms with Crippen LogP contribution in [0.3, 0.4) is 0 Å². The second kappa shape index (κ2) is 3.32. The molecule has 1 aliphatic rings. The molecule has 2 rings (SSSR count). The monoisotopic (exact) mass is 189 g/mol. The summed E-state index contributed by atoms with van der Waals surface area (Å²) in [5.74, 6) is -0.0206. The average Bonchev–Trinajstić information content (AvgIpc) is 2.19. The Morgan fingerprint density at radius 2 is 2.50 bits per heavy atom. The molecule has 69 valence electrons. The maximum atomic E-state index is 11.2. The van der Waals surface area contributed by atoms with E-state index in [1.165, 1.54) is 6.08 Å². The molecule has 0 fully saturated rings. The van der Waals surface area contributed by atoms with Gasteiger partial charge in [-0.05, 0) is 18.2 Å². The lowest BCUT2D eigenvalue weighted by Crippen LogP contribution is -2.35. The molecule has 5 heteroatoms. The van der Waals surface area contributed by atoms with Crippen molar-refractivity contribution in [1.29, 1.82) is 0 Å². The van der Waals surface area contributed by atoms with Gasteiger partial charge in [0.05, 0.1) is 5.69 Å². The number of amides is 1. The molecule has 0 saturated heterocycles. The van der Waals surface area contributed by atoms with Crippen molar-refractivity contribution in [1.82, 2.24) is 0 Å². The van der Waals surface area contributed by atoms with Gasteiger partial charge in [0.15, 0.2) is 0 Å². The van der Waals surface area contributed by atoms with Crippen molar-refractivity contribution in [3.8, 4) is 5.75 Å². The lowest BCUT2D eigenvalue weighted by Gasteiger charge is -2.21. The zero-order chi connectivity index (χ0) is 9.97. The highest BCUT2D eigenvalue weighted by Crippen LogP contribution is 2.28. The molecule has 0 aliphatic carbocycles. The third kappa shape index (κ3) is 1.36. The van der Waals surface area contributed by atoms with E-state index in [1.54, 1.807) is 18.2 Å². The van der Waals surface area contributed by atoms with Crippen molar-refractivity contribution in [2.75, 3.05) is 5.32 Å². The summed E-state index contributed by atoms with van der Waals surface area (Å²) in [6.07, 6.45) is 0.143.